The number of carbonyl (C=O) groups excluding carboxylic acids is 3. The van der Waals surface area contributed by atoms with Gasteiger partial charge in [-0.05, 0) is 44.9 Å². The van der Waals surface area contributed by atoms with Crippen LogP contribution in [0, 0.1) is 0 Å². The smallest absolute Gasteiger partial charge is 0.306 e. The molecule has 0 bridgehead atoms. The second-order valence-electron chi connectivity index (χ2n) is 24.5. The molecule has 0 amide bonds. The average Bonchev–Trinajstić information content (AvgIpc) is 3.44. The predicted molar refractivity (Wildman–Crippen MR) is 340 cm³/mol. The lowest BCUT2D eigenvalue weighted by Gasteiger charge is -2.18. The van der Waals surface area contributed by atoms with Gasteiger partial charge in [0.2, 0.25) is 0 Å². The third-order valence-electron chi connectivity index (χ3n) is 16.5. The third kappa shape index (κ3) is 65.0. The van der Waals surface area contributed by atoms with Crippen molar-refractivity contribution in [1.29, 1.82) is 0 Å². The Labute approximate surface area is 488 Å². The van der Waals surface area contributed by atoms with Crippen molar-refractivity contribution < 1.29 is 28.6 Å². The van der Waals surface area contributed by atoms with Gasteiger partial charge >= 0.3 is 17.9 Å². The molecule has 0 aromatic heterocycles. The summed E-state index contributed by atoms with van der Waals surface area (Å²) in [5.74, 6) is -0.838. The molecular weight excluding hydrogens is 961 g/mol. The van der Waals surface area contributed by atoms with Gasteiger partial charge in [0.05, 0.1) is 0 Å². The number of allylic oxidation sites excluding steroid dienone is 2. The van der Waals surface area contributed by atoms with E-state index in [2.05, 4.69) is 32.9 Å². The maximum absolute atomic E-state index is 12.9. The molecule has 0 fully saturated rings. The summed E-state index contributed by atoms with van der Waals surface area (Å²) in [5, 5.41) is 0. The fraction of sp³-hybridized carbons (Fsp3) is 0.931. The molecule has 0 aromatic carbocycles. The standard InChI is InChI=1S/C72H138O6/c1-4-7-10-13-16-19-22-25-28-30-32-33-34-35-36-37-38-40-41-44-47-50-53-56-59-62-65-71(74)77-68-69(67-76-70(73)64-61-58-55-52-49-46-43-27-24-21-18-15-12-9-6-3)78-72(75)66-63-60-57-54-51-48-45-42-39-31-29-26-23-20-17-14-11-8-5-2/h27,43,69H,4-26,28-42,44-68H2,1-3H3/b43-27-. The number of hydrogen-bond donors (Lipinski definition) is 0. The van der Waals surface area contributed by atoms with Crippen molar-refractivity contribution in [2.75, 3.05) is 13.2 Å². The van der Waals surface area contributed by atoms with Crippen LogP contribution in [0.1, 0.15) is 412 Å². The molecular formula is C72H138O6. The lowest BCUT2D eigenvalue weighted by Crippen LogP contribution is -2.30. The zero-order chi connectivity index (χ0) is 56.4. The molecule has 1 unspecified atom stereocenters. The van der Waals surface area contributed by atoms with Gasteiger partial charge in [0.15, 0.2) is 6.10 Å². The molecule has 78 heavy (non-hydrogen) atoms. The molecule has 0 heterocycles. The zero-order valence-corrected chi connectivity index (χ0v) is 53.2. The summed E-state index contributed by atoms with van der Waals surface area (Å²) in [4.78, 5) is 38.4. The summed E-state index contributed by atoms with van der Waals surface area (Å²) in [5.41, 5.74) is 0. The highest BCUT2D eigenvalue weighted by atomic mass is 16.6. The Hall–Kier alpha value is -1.85. The van der Waals surface area contributed by atoms with Crippen LogP contribution in [-0.2, 0) is 28.6 Å². The number of hydrogen-bond acceptors (Lipinski definition) is 6. The van der Waals surface area contributed by atoms with E-state index < -0.39 is 6.10 Å². The minimum absolute atomic E-state index is 0.0655. The Bertz CT molecular complexity index is 1210. The number of esters is 3. The maximum atomic E-state index is 12.9. The molecule has 0 saturated heterocycles. The van der Waals surface area contributed by atoms with Gasteiger partial charge in [0, 0.05) is 19.3 Å². The lowest BCUT2D eigenvalue weighted by molar-refractivity contribution is -0.167. The quantitative estimate of drug-likeness (QED) is 0.0261. The lowest BCUT2D eigenvalue weighted by atomic mass is 10.0. The van der Waals surface area contributed by atoms with E-state index in [9.17, 15) is 14.4 Å². The van der Waals surface area contributed by atoms with E-state index in [0.717, 1.165) is 64.2 Å². The molecule has 0 rings (SSSR count). The first-order valence-corrected chi connectivity index (χ1v) is 35.7. The Morgan fingerprint density at radius 2 is 0.423 bits per heavy atom. The molecule has 6 nitrogen and oxygen atoms in total. The van der Waals surface area contributed by atoms with Gasteiger partial charge in [0.1, 0.15) is 13.2 Å². The third-order valence-corrected chi connectivity index (χ3v) is 16.5. The molecule has 1 atom stereocenters. The summed E-state index contributed by atoms with van der Waals surface area (Å²) in [7, 11) is 0. The van der Waals surface area contributed by atoms with Gasteiger partial charge in [-0.1, -0.05) is 360 Å². The van der Waals surface area contributed by atoms with Gasteiger partial charge in [-0.15, -0.1) is 0 Å². The Kier molecular flexibility index (Phi) is 66.0. The van der Waals surface area contributed by atoms with Gasteiger partial charge in [-0.2, -0.15) is 0 Å². The van der Waals surface area contributed by atoms with E-state index >= 15 is 0 Å². The van der Waals surface area contributed by atoms with E-state index in [1.54, 1.807) is 0 Å². The Morgan fingerprint density at radius 1 is 0.244 bits per heavy atom. The first kappa shape index (κ1) is 76.1. The van der Waals surface area contributed by atoms with E-state index in [1.165, 1.54) is 308 Å². The normalized spacial score (nSPS) is 12.0. The second kappa shape index (κ2) is 67.7. The van der Waals surface area contributed by atoms with Gasteiger partial charge in [0.25, 0.3) is 0 Å². The number of ether oxygens (including phenoxy) is 3. The highest BCUT2D eigenvalue weighted by molar-refractivity contribution is 5.71. The molecule has 0 saturated carbocycles. The van der Waals surface area contributed by atoms with E-state index in [-0.39, 0.29) is 31.1 Å². The molecule has 6 heteroatoms. The molecule has 462 valence electrons. The minimum atomic E-state index is -0.770. The van der Waals surface area contributed by atoms with Crippen LogP contribution in [0.25, 0.3) is 0 Å². The Morgan fingerprint density at radius 3 is 0.641 bits per heavy atom. The van der Waals surface area contributed by atoms with Crippen LogP contribution in [0.4, 0.5) is 0 Å². The topological polar surface area (TPSA) is 78.9 Å². The molecule has 0 aromatic rings. The summed E-state index contributed by atoms with van der Waals surface area (Å²) in [6.45, 7) is 6.72. The van der Waals surface area contributed by atoms with Crippen LogP contribution >= 0.6 is 0 Å². The first-order valence-electron chi connectivity index (χ1n) is 35.7. The number of rotatable bonds is 67. The van der Waals surface area contributed by atoms with Crippen LogP contribution in [0.5, 0.6) is 0 Å². The Balaban J connectivity index is 4.22. The number of carbonyl (C=O) groups is 3. The van der Waals surface area contributed by atoms with Crippen LogP contribution < -0.4 is 0 Å². The van der Waals surface area contributed by atoms with E-state index in [4.69, 9.17) is 14.2 Å². The first-order chi connectivity index (χ1) is 38.5. The highest BCUT2D eigenvalue weighted by Crippen LogP contribution is 2.19. The monoisotopic (exact) mass is 1100 g/mol. The molecule has 0 radical (unpaired) electrons. The second-order valence-corrected chi connectivity index (χ2v) is 24.5. The summed E-state index contributed by atoms with van der Waals surface area (Å²) in [6.07, 6.45) is 81.0. The van der Waals surface area contributed by atoms with Crippen LogP contribution in [0.15, 0.2) is 12.2 Å². The van der Waals surface area contributed by atoms with Crippen molar-refractivity contribution in [2.24, 2.45) is 0 Å². The van der Waals surface area contributed by atoms with E-state index in [0.29, 0.717) is 19.3 Å². The highest BCUT2D eigenvalue weighted by Gasteiger charge is 2.19. The fourth-order valence-electron chi connectivity index (χ4n) is 11.2. The molecule has 0 aliphatic heterocycles. The predicted octanol–water partition coefficient (Wildman–Crippen LogP) is 24.4. The van der Waals surface area contributed by atoms with E-state index in [1.807, 2.05) is 0 Å². The van der Waals surface area contributed by atoms with Crippen molar-refractivity contribution in [2.45, 2.75) is 419 Å². The van der Waals surface area contributed by atoms with Crippen LogP contribution in [0.3, 0.4) is 0 Å². The van der Waals surface area contributed by atoms with Gasteiger partial charge in [-0.25, -0.2) is 0 Å². The molecule has 0 N–H and O–H groups in total. The zero-order valence-electron chi connectivity index (χ0n) is 53.2. The van der Waals surface area contributed by atoms with Crippen LogP contribution in [0.2, 0.25) is 0 Å². The van der Waals surface area contributed by atoms with Crippen LogP contribution in [-0.4, -0.2) is 37.2 Å². The fourth-order valence-corrected chi connectivity index (χ4v) is 11.2. The van der Waals surface area contributed by atoms with Crippen molar-refractivity contribution in [1.82, 2.24) is 0 Å². The largest absolute Gasteiger partial charge is 0.462 e. The SMILES string of the molecule is CCCCCCCC/C=C\CCCCCCCC(=O)OCC(COC(=O)CCCCCCCCCCCCCCCCCCCCCCCCCCCC)OC(=O)CCCCCCCCCCCCCCCCCCCCC. The summed E-state index contributed by atoms with van der Waals surface area (Å²) < 4.78 is 17.0. The van der Waals surface area contributed by atoms with Crippen molar-refractivity contribution in [3.05, 3.63) is 12.2 Å². The minimum Gasteiger partial charge on any atom is -0.462 e. The number of unbranched alkanes of at least 4 members (excludes halogenated alkanes) is 54. The molecule has 0 aliphatic rings. The maximum Gasteiger partial charge on any atom is 0.306 e. The molecule has 0 aliphatic carbocycles. The summed E-state index contributed by atoms with van der Waals surface area (Å²) in [6, 6.07) is 0. The molecule has 0 spiro atoms. The van der Waals surface area contributed by atoms with Crippen molar-refractivity contribution in [3.63, 3.8) is 0 Å². The van der Waals surface area contributed by atoms with Gasteiger partial charge < -0.3 is 14.2 Å². The van der Waals surface area contributed by atoms with Crippen molar-refractivity contribution in [3.8, 4) is 0 Å². The van der Waals surface area contributed by atoms with Gasteiger partial charge in [-0.3, -0.25) is 14.4 Å². The summed E-state index contributed by atoms with van der Waals surface area (Å²) >= 11 is 0. The van der Waals surface area contributed by atoms with Crippen molar-refractivity contribution >= 4 is 17.9 Å². The average molecular weight is 1100 g/mol.